The van der Waals surface area contributed by atoms with Crippen LogP contribution in [-0.2, 0) is 4.79 Å². The monoisotopic (exact) mass is 280 g/mol. The van der Waals surface area contributed by atoms with E-state index in [2.05, 4.69) is 17.1 Å². The van der Waals surface area contributed by atoms with E-state index in [4.69, 9.17) is 0 Å². The highest BCUT2D eigenvalue weighted by Gasteiger charge is 2.31. The largest absolute Gasteiger partial charge is 0.342 e. The number of hydrogen-bond acceptors (Lipinski definition) is 2. The number of nitrogens with one attached hydrogen (secondary N) is 1. The molecule has 0 aromatic heterocycles. The van der Waals surface area contributed by atoms with Crippen LogP contribution in [0.25, 0.3) is 0 Å². The first-order valence-electron chi connectivity index (χ1n) is 8.68. The van der Waals surface area contributed by atoms with Gasteiger partial charge >= 0.3 is 0 Å². The van der Waals surface area contributed by atoms with Gasteiger partial charge in [0.25, 0.3) is 0 Å². The molecule has 2 rings (SSSR count). The van der Waals surface area contributed by atoms with Crippen LogP contribution in [0.15, 0.2) is 0 Å². The number of amides is 1. The Morgan fingerprint density at radius 3 is 2.60 bits per heavy atom. The van der Waals surface area contributed by atoms with Gasteiger partial charge in [-0.05, 0) is 44.7 Å². The summed E-state index contributed by atoms with van der Waals surface area (Å²) < 4.78 is 0. The van der Waals surface area contributed by atoms with Crippen molar-refractivity contribution in [1.29, 1.82) is 0 Å². The topological polar surface area (TPSA) is 32.3 Å². The van der Waals surface area contributed by atoms with Crippen molar-refractivity contribution in [2.45, 2.75) is 58.3 Å². The number of rotatable bonds is 6. The molecule has 1 aliphatic carbocycles. The lowest BCUT2D eigenvalue weighted by Crippen LogP contribution is -2.36. The third-order valence-corrected chi connectivity index (χ3v) is 5.27. The molecule has 0 spiro atoms. The summed E-state index contributed by atoms with van der Waals surface area (Å²) in [6, 6.07) is 0. The first kappa shape index (κ1) is 15.8. The molecule has 1 N–H and O–H groups in total. The minimum Gasteiger partial charge on any atom is -0.342 e. The molecular weight excluding hydrogens is 248 g/mol. The molecule has 116 valence electrons. The molecule has 2 unspecified atom stereocenters. The van der Waals surface area contributed by atoms with Crippen molar-refractivity contribution in [1.82, 2.24) is 10.2 Å². The van der Waals surface area contributed by atoms with E-state index in [0.717, 1.165) is 38.4 Å². The van der Waals surface area contributed by atoms with Crippen molar-refractivity contribution in [2.24, 2.45) is 17.8 Å². The highest BCUT2D eigenvalue weighted by Crippen LogP contribution is 2.31. The molecule has 20 heavy (non-hydrogen) atoms. The van der Waals surface area contributed by atoms with Gasteiger partial charge in [0.05, 0.1) is 0 Å². The van der Waals surface area contributed by atoms with Gasteiger partial charge in [0.15, 0.2) is 0 Å². The quantitative estimate of drug-likeness (QED) is 0.811. The SMILES string of the molecule is CCC(CC1CCCCC1)C(=O)N1CCC(CNC)C1. The Labute approximate surface area is 124 Å². The summed E-state index contributed by atoms with van der Waals surface area (Å²) in [5.74, 6) is 2.20. The Balaban J connectivity index is 1.82. The first-order valence-corrected chi connectivity index (χ1v) is 8.68. The highest BCUT2D eigenvalue weighted by atomic mass is 16.2. The van der Waals surface area contributed by atoms with Crippen molar-refractivity contribution in [3.63, 3.8) is 0 Å². The van der Waals surface area contributed by atoms with Crippen molar-refractivity contribution < 1.29 is 4.79 Å². The molecule has 0 bridgehead atoms. The summed E-state index contributed by atoms with van der Waals surface area (Å²) in [4.78, 5) is 14.8. The van der Waals surface area contributed by atoms with Gasteiger partial charge in [-0.25, -0.2) is 0 Å². The predicted octanol–water partition coefficient (Wildman–Crippen LogP) is 3.05. The standard InChI is InChI=1S/C17H32N2O/c1-3-16(11-14-7-5-4-6-8-14)17(20)19-10-9-15(13-19)12-18-2/h14-16,18H,3-13H2,1-2H3. The van der Waals surface area contributed by atoms with Crippen LogP contribution in [0.5, 0.6) is 0 Å². The summed E-state index contributed by atoms with van der Waals surface area (Å²) in [6.07, 6.45) is 10.2. The summed E-state index contributed by atoms with van der Waals surface area (Å²) in [7, 11) is 2.00. The van der Waals surface area contributed by atoms with E-state index >= 15 is 0 Å². The summed E-state index contributed by atoms with van der Waals surface area (Å²) in [6.45, 7) is 5.18. The van der Waals surface area contributed by atoms with Crippen LogP contribution in [0, 0.1) is 17.8 Å². The molecule has 2 aliphatic rings. The Morgan fingerprint density at radius 1 is 1.20 bits per heavy atom. The third-order valence-electron chi connectivity index (χ3n) is 5.27. The van der Waals surface area contributed by atoms with Crippen LogP contribution in [0.2, 0.25) is 0 Å². The van der Waals surface area contributed by atoms with Gasteiger partial charge in [0.1, 0.15) is 0 Å². The van der Waals surface area contributed by atoms with Gasteiger partial charge in [-0.2, -0.15) is 0 Å². The fraction of sp³-hybridized carbons (Fsp3) is 0.941. The predicted molar refractivity (Wildman–Crippen MR) is 83.6 cm³/mol. The zero-order valence-corrected chi connectivity index (χ0v) is 13.4. The molecule has 3 nitrogen and oxygen atoms in total. The highest BCUT2D eigenvalue weighted by molar-refractivity contribution is 5.79. The second kappa shape index (κ2) is 8.02. The molecule has 2 atom stereocenters. The van der Waals surface area contributed by atoms with Gasteiger partial charge in [0, 0.05) is 19.0 Å². The maximum atomic E-state index is 12.7. The van der Waals surface area contributed by atoms with Crippen LogP contribution >= 0.6 is 0 Å². The lowest BCUT2D eigenvalue weighted by atomic mass is 9.81. The average Bonchev–Trinajstić information content (AvgIpc) is 2.94. The number of likely N-dealkylation sites (tertiary alicyclic amines) is 1. The van der Waals surface area contributed by atoms with Crippen LogP contribution < -0.4 is 5.32 Å². The van der Waals surface area contributed by atoms with E-state index < -0.39 is 0 Å². The molecule has 0 aromatic carbocycles. The van der Waals surface area contributed by atoms with Crippen molar-refractivity contribution in [3.8, 4) is 0 Å². The number of carbonyl (C=O) groups excluding carboxylic acids is 1. The lowest BCUT2D eigenvalue weighted by Gasteiger charge is -2.28. The molecule has 0 radical (unpaired) electrons. The summed E-state index contributed by atoms with van der Waals surface area (Å²) in [5.41, 5.74) is 0. The van der Waals surface area contributed by atoms with E-state index in [9.17, 15) is 4.79 Å². The lowest BCUT2D eigenvalue weighted by molar-refractivity contribution is -0.135. The van der Waals surface area contributed by atoms with Crippen molar-refractivity contribution in [3.05, 3.63) is 0 Å². The molecule has 1 aliphatic heterocycles. The maximum absolute atomic E-state index is 12.7. The van der Waals surface area contributed by atoms with Crippen molar-refractivity contribution >= 4 is 5.91 Å². The second-order valence-electron chi connectivity index (χ2n) is 6.84. The Morgan fingerprint density at radius 2 is 1.95 bits per heavy atom. The summed E-state index contributed by atoms with van der Waals surface area (Å²) in [5, 5.41) is 3.24. The molecule has 0 aromatic rings. The van der Waals surface area contributed by atoms with E-state index in [1.807, 2.05) is 7.05 Å². The number of carbonyl (C=O) groups is 1. The molecule has 3 heteroatoms. The number of hydrogen-bond donors (Lipinski definition) is 1. The van der Waals surface area contributed by atoms with Gasteiger partial charge in [-0.3, -0.25) is 4.79 Å². The zero-order chi connectivity index (χ0) is 14.4. The van der Waals surface area contributed by atoms with Crippen LogP contribution in [0.4, 0.5) is 0 Å². The molecule has 1 saturated carbocycles. The third kappa shape index (κ3) is 4.21. The second-order valence-corrected chi connectivity index (χ2v) is 6.84. The normalized spacial score (nSPS) is 25.9. The first-order chi connectivity index (χ1) is 9.74. The summed E-state index contributed by atoms with van der Waals surface area (Å²) >= 11 is 0. The Kier molecular flexibility index (Phi) is 6.34. The van der Waals surface area contributed by atoms with Crippen LogP contribution in [0.3, 0.4) is 0 Å². The van der Waals surface area contributed by atoms with E-state index in [1.54, 1.807) is 0 Å². The smallest absolute Gasteiger partial charge is 0.225 e. The average molecular weight is 280 g/mol. The number of nitrogens with zero attached hydrogens (tertiary/aromatic N) is 1. The molecule has 1 heterocycles. The minimum absolute atomic E-state index is 0.284. The van der Waals surface area contributed by atoms with Crippen LogP contribution in [0.1, 0.15) is 58.3 Å². The van der Waals surface area contributed by atoms with Gasteiger partial charge in [0.2, 0.25) is 5.91 Å². The fourth-order valence-corrected chi connectivity index (χ4v) is 4.01. The minimum atomic E-state index is 0.284. The van der Waals surface area contributed by atoms with Gasteiger partial charge in [-0.1, -0.05) is 39.0 Å². The molecule has 1 saturated heterocycles. The van der Waals surface area contributed by atoms with Crippen molar-refractivity contribution in [2.75, 3.05) is 26.7 Å². The molecule has 1 amide bonds. The van der Waals surface area contributed by atoms with E-state index in [0.29, 0.717) is 11.8 Å². The van der Waals surface area contributed by atoms with Gasteiger partial charge < -0.3 is 10.2 Å². The fourth-order valence-electron chi connectivity index (χ4n) is 4.01. The van der Waals surface area contributed by atoms with Gasteiger partial charge in [-0.15, -0.1) is 0 Å². The zero-order valence-electron chi connectivity index (χ0n) is 13.4. The van der Waals surface area contributed by atoms with Crippen LogP contribution in [-0.4, -0.2) is 37.5 Å². The Bertz CT molecular complexity index is 299. The van der Waals surface area contributed by atoms with E-state index in [1.165, 1.54) is 38.5 Å². The Hall–Kier alpha value is -0.570. The maximum Gasteiger partial charge on any atom is 0.225 e. The van der Waals surface area contributed by atoms with E-state index in [-0.39, 0.29) is 5.92 Å². The molecule has 2 fully saturated rings. The molecular formula is C17H32N2O.